The van der Waals surface area contributed by atoms with Gasteiger partial charge in [0.05, 0.1) is 33.0 Å². The number of nitrogens with zero attached hydrogens (tertiary/aromatic N) is 1. The lowest BCUT2D eigenvalue weighted by Crippen LogP contribution is -2.52. The molecule has 7 heteroatoms. The highest BCUT2D eigenvalue weighted by atomic mass is 16.6. The maximum absolute atomic E-state index is 12.6. The molecule has 1 fully saturated rings. The molecule has 3 atom stereocenters. The molecular formula is C25H40N2O5. The van der Waals surface area contributed by atoms with Crippen LogP contribution in [-0.2, 0) is 26.0 Å². The molecule has 2 bridgehead atoms. The van der Waals surface area contributed by atoms with Crippen LogP contribution in [-0.4, -0.2) is 70.8 Å². The summed E-state index contributed by atoms with van der Waals surface area (Å²) < 4.78 is 21.5. The molecule has 0 spiro atoms. The van der Waals surface area contributed by atoms with Crippen LogP contribution < -0.4 is 10.5 Å². The summed E-state index contributed by atoms with van der Waals surface area (Å²) >= 11 is 0. The molecule has 2 aliphatic carbocycles. The van der Waals surface area contributed by atoms with Gasteiger partial charge in [-0.3, -0.25) is 0 Å². The van der Waals surface area contributed by atoms with Crippen LogP contribution in [0.5, 0.6) is 5.75 Å². The SMILES string of the molecule is COCCOCCOCCN(C)C(=O)Oc1ccc2c(c1)[C@@]1(C)CCCCC[C@@H](C2)[C@@H]1N. The zero-order valence-corrected chi connectivity index (χ0v) is 19.9. The Morgan fingerprint density at radius 3 is 2.66 bits per heavy atom. The second kappa shape index (κ2) is 12.0. The van der Waals surface area contributed by atoms with Crippen LogP contribution >= 0.6 is 0 Å². The van der Waals surface area contributed by atoms with Gasteiger partial charge in [0.25, 0.3) is 0 Å². The van der Waals surface area contributed by atoms with E-state index >= 15 is 0 Å². The molecule has 1 saturated carbocycles. The maximum atomic E-state index is 12.6. The van der Waals surface area contributed by atoms with E-state index in [1.165, 1.54) is 41.7 Å². The van der Waals surface area contributed by atoms with Crippen molar-refractivity contribution in [1.29, 1.82) is 0 Å². The van der Waals surface area contributed by atoms with Gasteiger partial charge in [0, 0.05) is 32.2 Å². The standard InChI is InChI=1S/C25H40N2O5/c1-25-10-6-4-5-7-20(23(25)26)17-19-8-9-21(18-22(19)25)32-24(28)27(2)11-12-30-15-16-31-14-13-29-3/h8-9,18,20,23H,4-7,10-17,26H2,1-3H3/t20-,23-,25+/m0/s1. The van der Waals surface area contributed by atoms with Crippen LogP contribution in [0, 0.1) is 5.92 Å². The average molecular weight is 449 g/mol. The molecule has 0 radical (unpaired) electrons. The Balaban J connectivity index is 1.52. The first kappa shape index (κ1) is 25.0. The summed E-state index contributed by atoms with van der Waals surface area (Å²) in [7, 11) is 3.36. The molecule has 1 amide bonds. The van der Waals surface area contributed by atoms with Crippen molar-refractivity contribution in [3.63, 3.8) is 0 Å². The summed E-state index contributed by atoms with van der Waals surface area (Å²) in [5, 5.41) is 0. The van der Waals surface area contributed by atoms with Gasteiger partial charge in [0.2, 0.25) is 0 Å². The van der Waals surface area contributed by atoms with Crippen molar-refractivity contribution in [2.24, 2.45) is 11.7 Å². The van der Waals surface area contributed by atoms with E-state index < -0.39 is 0 Å². The Hall–Kier alpha value is -1.67. The minimum Gasteiger partial charge on any atom is -0.410 e. The lowest BCUT2D eigenvalue weighted by Gasteiger charge is -2.47. The van der Waals surface area contributed by atoms with Gasteiger partial charge in [-0.25, -0.2) is 4.79 Å². The molecule has 0 aliphatic heterocycles. The van der Waals surface area contributed by atoms with Gasteiger partial charge in [-0.2, -0.15) is 0 Å². The van der Waals surface area contributed by atoms with Gasteiger partial charge in [0.1, 0.15) is 5.75 Å². The molecule has 2 N–H and O–H groups in total. The summed E-state index contributed by atoms with van der Waals surface area (Å²) in [6, 6.07) is 6.24. The summed E-state index contributed by atoms with van der Waals surface area (Å²) in [5.74, 6) is 1.12. The van der Waals surface area contributed by atoms with E-state index in [0.29, 0.717) is 51.2 Å². The van der Waals surface area contributed by atoms with Crippen molar-refractivity contribution < 1.29 is 23.7 Å². The maximum Gasteiger partial charge on any atom is 0.415 e. The molecule has 1 aromatic carbocycles. The lowest BCUT2D eigenvalue weighted by molar-refractivity contribution is 0.0214. The first-order chi connectivity index (χ1) is 15.5. The van der Waals surface area contributed by atoms with Crippen molar-refractivity contribution in [2.45, 2.75) is 56.9 Å². The zero-order chi connectivity index (χ0) is 23.0. The van der Waals surface area contributed by atoms with Crippen molar-refractivity contribution in [1.82, 2.24) is 4.90 Å². The highest BCUT2D eigenvalue weighted by Crippen LogP contribution is 2.46. The molecule has 32 heavy (non-hydrogen) atoms. The molecule has 2 aliphatic rings. The lowest BCUT2D eigenvalue weighted by atomic mass is 9.60. The third kappa shape index (κ3) is 6.22. The molecule has 7 nitrogen and oxygen atoms in total. The molecule has 180 valence electrons. The molecule has 0 heterocycles. The van der Waals surface area contributed by atoms with Crippen molar-refractivity contribution in [3.05, 3.63) is 29.3 Å². The van der Waals surface area contributed by atoms with E-state index in [1.54, 1.807) is 14.2 Å². The van der Waals surface area contributed by atoms with E-state index in [-0.39, 0.29) is 17.6 Å². The van der Waals surface area contributed by atoms with E-state index in [0.717, 1.165) is 12.8 Å². The Morgan fingerprint density at radius 1 is 1.12 bits per heavy atom. The fourth-order valence-corrected chi connectivity index (χ4v) is 5.03. The highest BCUT2D eigenvalue weighted by Gasteiger charge is 2.43. The first-order valence-electron chi connectivity index (χ1n) is 11.9. The van der Waals surface area contributed by atoms with E-state index in [4.69, 9.17) is 24.7 Å². The quantitative estimate of drug-likeness (QED) is 0.552. The number of hydrogen-bond donors (Lipinski definition) is 1. The Labute approximate surface area is 192 Å². The molecule has 3 rings (SSSR count). The number of benzene rings is 1. The minimum atomic E-state index is -0.384. The summed E-state index contributed by atoms with van der Waals surface area (Å²) in [4.78, 5) is 14.1. The molecule has 0 unspecified atom stereocenters. The minimum absolute atomic E-state index is 0.0633. The van der Waals surface area contributed by atoms with Crippen LogP contribution in [0.3, 0.4) is 0 Å². The van der Waals surface area contributed by atoms with Gasteiger partial charge in [-0.1, -0.05) is 32.3 Å². The molecule has 0 saturated heterocycles. The Bertz CT molecular complexity index is 743. The number of carbonyl (C=O) groups excluding carboxylic acids is 1. The highest BCUT2D eigenvalue weighted by molar-refractivity contribution is 5.70. The third-order valence-electron chi connectivity index (χ3n) is 7.08. The molecule has 1 aromatic rings. The number of rotatable bonds is 10. The number of hydrogen-bond acceptors (Lipinski definition) is 6. The topological polar surface area (TPSA) is 83.2 Å². The van der Waals surface area contributed by atoms with E-state index in [2.05, 4.69) is 13.0 Å². The van der Waals surface area contributed by atoms with Gasteiger partial charge in [-0.05, 0) is 48.4 Å². The monoisotopic (exact) mass is 448 g/mol. The predicted octanol–water partition coefficient (Wildman–Crippen LogP) is 3.52. The van der Waals surface area contributed by atoms with E-state index in [1.807, 2.05) is 12.1 Å². The summed E-state index contributed by atoms with van der Waals surface area (Å²) in [6.45, 7) is 5.29. The molecular weight excluding hydrogens is 408 g/mol. The Kier molecular flexibility index (Phi) is 9.34. The third-order valence-corrected chi connectivity index (χ3v) is 7.08. The number of fused-ring (bicyclic) bond motifs is 4. The second-order valence-corrected chi connectivity index (χ2v) is 9.33. The number of amides is 1. The fraction of sp³-hybridized carbons (Fsp3) is 0.720. The normalized spacial score (nSPS) is 24.9. The van der Waals surface area contributed by atoms with Crippen LogP contribution in [0.25, 0.3) is 0 Å². The van der Waals surface area contributed by atoms with Crippen LogP contribution in [0.15, 0.2) is 18.2 Å². The number of methoxy groups -OCH3 is 1. The van der Waals surface area contributed by atoms with Gasteiger partial charge in [-0.15, -0.1) is 0 Å². The van der Waals surface area contributed by atoms with Crippen molar-refractivity contribution in [2.75, 3.05) is 53.7 Å². The van der Waals surface area contributed by atoms with Crippen molar-refractivity contribution in [3.8, 4) is 5.75 Å². The fourth-order valence-electron chi connectivity index (χ4n) is 5.03. The van der Waals surface area contributed by atoms with Crippen LogP contribution in [0.1, 0.15) is 50.2 Å². The molecule has 0 aromatic heterocycles. The largest absolute Gasteiger partial charge is 0.415 e. The second-order valence-electron chi connectivity index (χ2n) is 9.33. The van der Waals surface area contributed by atoms with Crippen molar-refractivity contribution >= 4 is 6.09 Å². The predicted molar refractivity (Wildman–Crippen MR) is 124 cm³/mol. The first-order valence-corrected chi connectivity index (χ1v) is 11.9. The Morgan fingerprint density at radius 2 is 1.88 bits per heavy atom. The van der Waals surface area contributed by atoms with Crippen LogP contribution in [0.4, 0.5) is 4.79 Å². The summed E-state index contributed by atoms with van der Waals surface area (Å²) in [6.07, 6.45) is 6.67. The number of ether oxygens (including phenoxy) is 4. The smallest absolute Gasteiger partial charge is 0.410 e. The van der Waals surface area contributed by atoms with Gasteiger partial charge in [0.15, 0.2) is 0 Å². The number of likely N-dealkylation sites (N-methyl/N-ethyl adjacent to an activating group) is 1. The van der Waals surface area contributed by atoms with Crippen LogP contribution in [0.2, 0.25) is 0 Å². The average Bonchev–Trinajstić information content (AvgIpc) is 2.78. The van der Waals surface area contributed by atoms with Gasteiger partial charge >= 0.3 is 6.09 Å². The summed E-state index contributed by atoms with van der Waals surface area (Å²) in [5.41, 5.74) is 9.32. The van der Waals surface area contributed by atoms with E-state index in [9.17, 15) is 4.79 Å². The number of nitrogens with two attached hydrogens (primary N) is 1. The van der Waals surface area contributed by atoms with Gasteiger partial charge < -0.3 is 29.6 Å². The number of carbonyl (C=O) groups is 1. The zero-order valence-electron chi connectivity index (χ0n) is 19.9.